The number of nitrogens with zero attached hydrogens (tertiary/aromatic N) is 3. The van der Waals surface area contributed by atoms with Crippen LogP contribution in [0.25, 0.3) is 21.1 Å². The summed E-state index contributed by atoms with van der Waals surface area (Å²) in [5, 5.41) is 6.25. The summed E-state index contributed by atoms with van der Waals surface area (Å²) >= 11 is 1.65. The molecule has 7 nitrogen and oxygen atoms in total. The number of aromatic nitrogens is 3. The minimum Gasteiger partial charge on any atom is -0.485 e. The van der Waals surface area contributed by atoms with Gasteiger partial charge < -0.3 is 19.1 Å². The molecule has 1 aliphatic heterocycles. The van der Waals surface area contributed by atoms with Crippen molar-refractivity contribution in [2.45, 2.75) is 26.5 Å². The van der Waals surface area contributed by atoms with E-state index in [0.29, 0.717) is 30.3 Å². The predicted octanol–water partition coefficient (Wildman–Crippen LogP) is 4.85. The Morgan fingerprint density at radius 3 is 3.09 bits per heavy atom. The summed E-state index contributed by atoms with van der Waals surface area (Å²) in [7, 11) is 0. The third-order valence-electron chi connectivity index (χ3n) is 5.80. The Morgan fingerprint density at radius 2 is 2.16 bits per heavy atom. The lowest BCUT2D eigenvalue weighted by Gasteiger charge is -2.26. The van der Waals surface area contributed by atoms with E-state index in [1.807, 2.05) is 37.3 Å². The number of aryl methyl sites for hydroxylation is 1. The first kappa shape index (κ1) is 19.1. The minimum absolute atomic E-state index is 0.135. The fraction of sp³-hybridized carbons (Fsp3) is 0.208. The van der Waals surface area contributed by atoms with Crippen LogP contribution in [0.1, 0.15) is 32.5 Å². The van der Waals surface area contributed by atoms with Gasteiger partial charge in [-0.1, -0.05) is 23.4 Å². The Kier molecular flexibility index (Phi) is 4.46. The van der Waals surface area contributed by atoms with Crippen molar-refractivity contribution in [3.8, 4) is 5.75 Å². The molecule has 8 heteroatoms. The van der Waals surface area contributed by atoms with Crippen molar-refractivity contribution >= 4 is 38.4 Å². The molecule has 3 aromatic heterocycles. The van der Waals surface area contributed by atoms with Crippen molar-refractivity contribution in [1.82, 2.24) is 20.0 Å². The highest BCUT2D eigenvalue weighted by Crippen LogP contribution is 2.28. The van der Waals surface area contributed by atoms with Gasteiger partial charge in [0.2, 0.25) is 0 Å². The monoisotopic (exact) mass is 444 g/mol. The molecule has 0 bridgehead atoms. The molecule has 0 fully saturated rings. The first-order valence-electron chi connectivity index (χ1n) is 10.5. The van der Waals surface area contributed by atoms with Crippen molar-refractivity contribution < 1.29 is 14.1 Å². The van der Waals surface area contributed by atoms with Gasteiger partial charge in [0.1, 0.15) is 12.4 Å². The molecule has 0 aliphatic carbocycles. The van der Waals surface area contributed by atoms with Crippen LogP contribution in [-0.2, 0) is 19.6 Å². The van der Waals surface area contributed by atoms with Gasteiger partial charge in [-0.05, 0) is 37.1 Å². The second kappa shape index (κ2) is 7.49. The Bertz CT molecular complexity index is 1460. The topological polar surface area (TPSA) is 84.2 Å². The quantitative estimate of drug-likeness (QED) is 0.428. The van der Waals surface area contributed by atoms with Gasteiger partial charge in [0, 0.05) is 35.3 Å². The first-order valence-corrected chi connectivity index (χ1v) is 11.3. The number of carbonyl (C=O) groups excluding carboxylic acids is 1. The lowest BCUT2D eigenvalue weighted by molar-refractivity contribution is 0.0722. The van der Waals surface area contributed by atoms with Gasteiger partial charge >= 0.3 is 0 Å². The lowest BCUT2D eigenvalue weighted by Crippen LogP contribution is -2.36. The van der Waals surface area contributed by atoms with E-state index in [9.17, 15) is 4.79 Å². The summed E-state index contributed by atoms with van der Waals surface area (Å²) in [6.07, 6.45) is 0.817. The molecular weight excluding hydrogens is 424 g/mol. The summed E-state index contributed by atoms with van der Waals surface area (Å²) in [6, 6.07) is 15.7. The van der Waals surface area contributed by atoms with E-state index < -0.39 is 0 Å². The average Bonchev–Trinajstić information content (AvgIpc) is 3.52. The minimum atomic E-state index is -0.135. The summed E-state index contributed by atoms with van der Waals surface area (Å²) in [5.41, 5.74) is 4.71. The Labute approximate surface area is 187 Å². The van der Waals surface area contributed by atoms with E-state index >= 15 is 0 Å². The molecule has 0 saturated heterocycles. The zero-order valence-electron chi connectivity index (χ0n) is 17.4. The number of para-hydroxylation sites is 1. The highest BCUT2D eigenvalue weighted by atomic mass is 32.1. The molecule has 0 spiro atoms. The standard InChI is InChI=1S/C24H20N4O3S/c1-14-25-20-10-15(6-7-23(20)32-14)30-13-16-11-21(27-31-16)24(29)28-9-8-18-17-4-2-3-5-19(17)26-22(18)12-28/h2-7,10-11,26H,8-9,12-13H2,1H3. The number of carbonyl (C=O) groups is 1. The van der Waals surface area contributed by atoms with Gasteiger partial charge in [0.15, 0.2) is 11.5 Å². The van der Waals surface area contributed by atoms with E-state index in [-0.39, 0.29) is 12.5 Å². The number of ether oxygens (including phenoxy) is 1. The average molecular weight is 445 g/mol. The van der Waals surface area contributed by atoms with Gasteiger partial charge in [-0.3, -0.25) is 4.79 Å². The number of amides is 1. The second-order valence-corrected chi connectivity index (χ2v) is 9.17. The number of aromatic amines is 1. The summed E-state index contributed by atoms with van der Waals surface area (Å²) < 4.78 is 12.3. The van der Waals surface area contributed by atoms with Crippen molar-refractivity contribution in [2.24, 2.45) is 0 Å². The molecule has 0 atom stereocenters. The molecule has 0 radical (unpaired) electrons. The van der Waals surface area contributed by atoms with Gasteiger partial charge in [0.05, 0.1) is 21.8 Å². The van der Waals surface area contributed by atoms with E-state index in [2.05, 4.69) is 27.3 Å². The molecule has 1 N–H and O–H groups in total. The van der Waals surface area contributed by atoms with Gasteiger partial charge in [-0.2, -0.15) is 0 Å². The smallest absolute Gasteiger partial charge is 0.276 e. The summed E-state index contributed by atoms with van der Waals surface area (Å²) in [4.78, 5) is 22.7. The van der Waals surface area contributed by atoms with Crippen molar-refractivity contribution in [2.75, 3.05) is 6.54 Å². The van der Waals surface area contributed by atoms with Crippen LogP contribution < -0.4 is 4.74 Å². The predicted molar refractivity (Wildman–Crippen MR) is 122 cm³/mol. The van der Waals surface area contributed by atoms with Crippen LogP contribution in [0.3, 0.4) is 0 Å². The summed E-state index contributed by atoms with van der Waals surface area (Å²) in [5.74, 6) is 1.07. The van der Waals surface area contributed by atoms with Gasteiger partial charge in [-0.15, -0.1) is 11.3 Å². The van der Waals surface area contributed by atoms with Crippen LogP contribution >= 0.6 is 11.3 Å². The number of fused-ring (bicyclic) bond motifs is 4. The SMILES string of the molecule is Cc1nc2cc(OCc3cc(C(=O)N4CCc5c([nH]c6ccccc56)C4)no3)ccc2s1. The molecule has 0 saturated carbocycles. The third-order valence-corrected chi connectivity index (χ3v) is 6.75. The van der Waals surface area contributed by atoms with Crippen LogP contribution in [0.4, 0.5) is 0 Å². The highest BCUT2D eigenvalue weighted by molar-refractivity contribution is 7.18. The van der Waals surface area contributed by atoms with Crippen LogP contribution in [0.15, 0.2) is 53.1 Å². The number of nitrogens with one attached hydrogen (secondary N) is 1. The van der Waals surface area contributed by atoms with Gasteiger partial charge in [-0.25, -0.2) is 4.98 Å². The van der Waals surface area contributed by atoms with Gasteiger partial charge in [0.25, 0.3) is 5.91 Å². The Morgan fingerprint density at radius 1 is 1.25 bits per heavy atom. The molecule has 6 rings (SSSR count). The molecule has 0 unspecified atom stereocenters. The number of H-pyrrole nitrogens is 1. The number of thiazole rings is 1. The van der Waals surface area contributed by atoms with Crippen molar-refractivity contribution in [1.29, 1.82) is 0 Å². The van der Waals surface area contributed by atoms with E-state index in [0.717, 1.165) is 32.9 Å². The molecule has 4 heterocycles. The van der Waals surface area contributed by atoms with Crippen molar-refractivity contribution in [3.05, 3.63) is 76.3 Å². The number of hydrogen-bond donors (Lipinski definition) is 1. The normalized spacial score (nSPS) is 13.6. The molecule has 1 amide bonds. The molecule has 5 aromatic rings. The van der Waals surface area contributed by atoms with Crippen molar-refractivity contribution in [3.63, 3.8) is 0 Å². The third kappa shape index (κ3) is 3.33. The second-order valence-electron chi connectivity index (χ2n) is 7.93. The first-order chi connectivity index (χ1) is 15.6. The van der Waals surface area contributed by atoms with E-state index in [1.165, 1.54) is 10.9 Å². The Hall–Kier alpha value is -3.65. The molecule has 1 aliphatic rings. The molecule has 2 aromatic carbocycles. The Balaban J connectivity index is 1.14. The van der Waals surface area contributed by atoms with Crippen LogP contribution in [-0.4, -0.2) is 32.5 Å². The van der Waals surface area contributed by atoms with Crippen LogP contribution in [0, 0.1) is 6.92 Å². The number of rotatable bonds is 4. The van der Waals surface area contributed by atoms with E-state index in [4.69, 9.17) is 9.26 Å². The fourth-order valence-corrected chi connectivity index (χ4v) is 5.08. The summed E-state index contributed by atoms with van der Waals surface area (Å²) in [6.45, 7) is 3.37. The highest BCUT2D eigenvalue weighted by Gasteiger charge is 2.26. The largest absolute Gasteiger partial charge is 0.485 e. The molecule has 160 valence electrons. The maximum Gasteiger partial charge on any atom is 0.276 e. The fourth-order valence-electron chi connectivity index (χ4n) is 4.28. The number of benzene rings is 2. The maximum atomic E-state index is 13.0. The molecular formula is C24H20N4O3S. The zero-order chi connectivity index (χ0) is 21.7. The van der Waals surface area contributed by atoms with Crippen LogP contribution in [0.5, 0.6) is 5.75 Å². The lowest BCUT2D eigenvalue weighted by atomic mass is 10.0. The zero-order valence-corrected chi connectivity index (χ0v) is 18.2. The van der Waals surface area contributed by atoms with E-state index in [1.54, 1.807) is 22.3 Å². The maximum absolute atomic E-state index is 13.0. The molecule has 32 heavy (non-hydrogen) atoms. The van der Waals surface area contributed by atoms with Crippen LogP contribution in [0.2, 0.25) is 0 Å². The number of hydrogen-bond acceptors (Lipinski definition) is 6.